The van der Waals surface area contributed by atoms with Crippen molar-refractivity contribution in [1.82, 2.24) is 9.78 Å². The normalized spacial score (nSPS) is 11.6. The predicted octanol–water partition coefficient (Wildman–Crippen LogP) is 2.86. The van der Waals surface area contributed by atoms with Crippen molar-refractivity contribution in [3.05, 3.63) is 59.5 Å². The largest absolute Gasteiger partial charge is 0.465 e. The summed E-state index contributed by atoms with van der Waals surface area (Å²) in [5.74, 6) is -1.48. The van der Waals surface area contributed by atoms with E-state index in [9.17, 15) is 17.6 Å². The molecule has 2 aromatic carbocycles. The molecule has 1 aromatic heterocycles. The van der Waals surface area contributed by atoms with Gasteiger partial charge in [-0.15, -0.1) is 0 Å². The Labute approximate surface area is 162 Å². The fourth-order valence-corrected chi connectivity index (χ4v) is 3.95. The molecule has 9 heteroatoms. The summed E-state index contributed by atoms with van der Waals surface area (Å²) >= 11 is 0. The third-order valence-corrected chi connectivity index (χ3v) is 6.25. The number of nitrogens with zero attached hydrogens (tertiary/aromatic N) is 3. The molecule has 3 aromatic rings. The molecule has 0 amide bonds. The highest BCUT2D eigenvalue weighted by Crippen LogP contribution is 2.27. The Morgan fingerprint density at radius 1 is 1.25 bits per heavy atom. The highest BCUT2D eigenvalue weighted by atomic mass is 32.2. The zero-order valence-corrected chi connectivity index (χ0v) is 16.5. The summed E-state index contributed by atoms with van der Waals surface area (Å²) in [6.45, 7) is 1.33. The van der Waals surface area contributed by atoms with Gasteiger partial charge in [-0.05, 0) is 37.3 Å². The second kappa shape index (κ2) is 7.59. The van der Waals surface area contributed by atoms with Crippen LogP contribution in [0.25, 0.3) is 10.9 Å². The highest BCUT2D eigenvalue weighted by Gasteiger charge is 2.23. The second-order valence-electron chi connectivity index (χ2n) is 6.22. The zero-order valence-electron chi connectivity index (χ0n) is 15.7. The lowest BCUT2D eigenvalue weighted by Gasteiger charge is -2.24. The quantitative estimate of drug-likeness (QED) is 0.589. The van der Waals surface area contributed by atoms with E-state index in [1.54, 1.807) is 36.1 Å². The van der Waals surface area contributed by atoms with Gasteiger partial charge in [0.25, 0.3) is 0 Å². The first-order chi connectivity index (χ1) is 13.3. The van der Waals surface area contributed by atoms with Crippen LogP contribution in [0.15, 0.2) is 42.6 Å². The number of sulfonamides is 1. The van der Waals surface area contributed by atoms with E-state index in [1.807, 2.05) is 0 Å². The average Bonchev–Trinajstić information content (AvgIpc) is 3.06. The van der Waals surface area contributed by atoms with Gasteiger partial charge in [0, 0.05) is 18.0 Å². The van der Waals surface area contributed by atoms with E-state index in [-0.39, 0.29) is 23.4 Å². The number of ether oxygens (including phenoxy) is 1. The summed E-state index contributed by atoms with van der Waals surface area (Å²) in [5.41, 5.74) is 1.38. The molecule has 148 valence electrons. The second-order valence-corrected chi connectivity index (χ2v) is 8.40. The maximum atomic E-state index is 14.5. The van der Waals surface area contributed by atoms with Crippen LogP contribution in [0.1, 0.15) is 22.8 Å². The fourth-order valence-electron chi connectivity index (χ4n) is 2.87. The first-order valence-electron chi connectivity index (χ1n) is 8.55. The van der Waals surface area contributed by atoms with E-state index in [0.717, 1.165) is 21.3 Å². The third-order valence-electron chi connectivity index (χ3n) is 4.51. The molecule has 0 aliphatic carbocycles. The van der Waals surface area contributed by atoms with Crippen molar-refractivity contribution in [2.45, 2.75) is 13.5 Å². The molecule has 0 radical (unpaired) electrons. The standard InChI is InChI=1S/C19H20FN3O4S/c1-4-28(25,26)23(16-8-7-14-11-21-22(2)18(14)10-16)12-15-6-5-13(9-17(15)20)19(24)27-3/h5-11H,4,12H2,1-3H3. The van der Waals surface area contributed by atoms with Crippen LogP contribution in [0, 0.1) is 5.82 Å². The maximum Gasteiger partial charge on any atom is 0.337 e. The third kappa shape index (κ3) is 3.70. The molecular weight excluding hydrogens is 385 g/mol. The summed E-state index contributed by atoms with van der Waals surface area (Å²) in [4.78, 5) is 11.6. The van der Waals surface area contributed by atoms with Gasteiger partial charge in [0.05, 0.1) is 42.4 Å². The number of hydrogen-bond donors (Lipinski definition) is 0. The molecule has 1 heterocycles. The van der Waals surface area contributed by atoms with Crippen molar-refractivity contribution in [2.75, 3.05) is 17.2 Å². The van der Waals surface area contributed by atoms with E-state index in [0.29, 0.717) is 5.69 Å². The van der Waals surface area contributed by atoms with Gasteiger partial charge in [-0.2, -0.15) is 5.10 Å². The molecule has 0 saturated carbocycles. The Kier molecular flexibility index (Phi) is 5.37. The van der Waals surface area contributed by atoms with Crippen LogP contribution in [0.3, 0.4) is 0 Å². The van der Waals surface area contributed by atoms with Gasteiger partial charge in [-0.1, -0.05) is 6.07 Å². The summed E-state index contributed by atoms with van der Waals surface area (Å²) in [7, 11) is -0.712. The van der Waals surface area contributed by atoms with Crippen LogP contribution in [0.5, 0.6) is 0 Å². The zero-order chi connectivity index (χ0) is 20.5. The Morgan fingerprint density at radius 3 is 2.64 bits per heavy atom. The molecule has 0 aliphatic rings. The van der Waals surface area contributed by atoms with Crippen molar-refractivity contribution in [1.29, 1.82) is 0 Å². The molecule has 3 rings (SSSR count). The van der Waals surface area contributed by atoms with Gasteiger partial charge < -0.3 is 4.74 Å². The van der Waals surface area contributed by atoms with Crippen molar-refractivity contribution in [3.63, 3.8) is 0 Å². The minimum Gasteiger partial charge on any atom is -0.465 e. The SMILES string of the molecule is CCS(=O)(=O)N(Cc1ccc(C(=O)OC)cc1F)c1ccc2cnn(C)c2c1. The number of anilines is 1. The van der Waals surface area contributed by atoms with Crippen LogP contribution in [-0.4, -0.2) is 37.0 Å². The van der Waals surface area contributed by atoms with Crippen LogP contribution in [0.2, 0.25) is 0 Å². The Bertz CT molecular complexity index is 1140. The maximum absolute atomic E-state index is 14.5. The number of halogens is 1. The number of rotatable bonds is 6. The van der Waals surface area contributed by atoms with Crippen LogP contribution >= 0.6 is 0 Å². The number of carbonyl (C=O) groups excluding carboxylic acids is 1. The van der Waals surface area contributed by atoms with Crippen LogP contribution in [0.4, 0.5) is 10.1 Å². The van der Waals surface area contributed by atoms with Gasteiger partial charge >= 0.3 is 5.97 Å². The van der Waals surface area contributed by atoms with E-state index >= 15 is 0 Å². The lowest BCUT2D eigenvalue weighted by atomic mass is 10.1. The number of carbonyl (C=O) groups is 1. The predicted molar refractivity (Wildman–Crippen MR) is 104 cm³/mol. The van der Waals surface area contributed by atoms with Gasteiger partial charge in [0.15, 0.2) is 0 Å². The molecule has 0 bridgehead atoms. The average molecular weight is 405 g/mol. The fraction of sp³-hybridized carbons (Fsp3) is 0.263. The van der Waals surface area contributed by atoms with Crippen molar-refractivity contribution >= 4 is 32.6 Å². The number of methoxy groups -OCH3 is 1. The molecule has 0 N–H and O–H groups in total. The van der Waals surface area contributed by atoms with Crippen molar-refractivity contribution < 1.29 is 22.3 Å². The van der Waals surface area contributed by atoms with E-state index in [1.165, 1.54) is 26.2 Å². The van der Waals surface area contributed by atoms with Gasteiger partial charge in [-0.25, -0.2) is 17.6 Å². The molecule has 0 unspecified atom stereocenters. The van der Waals surface area contributed by atoms with Gasteiger partial charge in [0.1, 0.15) is 5.82 Å². The van der Waals surface area contributed by atoms with Crippen molar-refractivity contribution in [2.24, 2.45) is 7.05 Å². The van der Waals surface area contributed by atoms with E-state index in [4.69, 9.17) is 0 Å². The topological polar surface area (TPSA) is 81.5 Å². The minimum atomic E-state index is -3.68. The number of hydrogen-bond acceptors (Lipinski definition) is 5. The van der Waals surface area contributed by atoms with E-state index < -0.39 is 21.8 Å². The number of esters is 1. The number of fused-ring (bicyclic) bond motifs is 1. The molecular formula is C19H20FN3O4S. The summed E-state index contributed by atoms with van der Waals surface area (Å²) in [6, 6.07) is 8.98. The highest BCUT2D eigenvalue weighted by molar-refractivity contribution is 7.92. The van der Waals surface area contributed by atoms with Gasteiger partial charge in [0.2, 0.25) is 10.0 Å². The monoisotopic (exact) mass is 405 g/mol. The molecule has 28 heavy (non-hydrogen) atoms. The van der Waals surface area contributed by atoms with Crippen molar-refractivity contribution in [3.8, 4) is 0 Å². The lowest BCUT2D eigenvalue weighted by molar-refractivity contribution is 0.0600. The lowest BCUT2D eigenvalue weighted by Crippen LogP contribution is -2.32. The van der Waals surface area contributed by atoms with Crippen LogP contribution in [-0.2, 0) is 28.4 Å². The first-order valence-corrected chi connectivity index (χ1v) is 10.2. The summed E-state index contributed by atoms with van der Waals surface area (Å²) in [6.07, 6.45) is 1.68. The first kappa shape index (κ1) is 19.8. The smallest absolute Gasteiger partial charge is 0.337 e. The minimum absolute atomic E-state index is 0.0601. The summed E-state index contributed by atoms with van der Waals surface area (Å²) in [5, 5.41) is 5.02. The number of aromatic nitrogens is 2. The summed E-state index contributed by atoms with van der Waals surface area (Å²) < 4.78 is 47.3. The van der Waals surface area contributed by atoms with Crippen LogP contribution < -0.4 is 4.31 Å². The van der Waals surface area contributed by atoms with Gasteiger partial charge in [-0.3, -0.25) is 8.99 Å². The molecule has 7 nitrogen and oxygen atoms in total. The van der Waals surface area contributed by atoms with E-state index in [2.05, 4.69) is 9.84 Å². The molecule has 0 saturated heterocycles. The molecule has 0 fully saturated rings. The Morgan fingerprint density at radius 2 is 2.00 bits per heavy atom. The number of benzene rings is 2. The molecule has 0 spiro atoms. The number of aryl methyl sites for hydroxylation is 1. The molecule has 0 atom stereocenters. The molecule has 0 aliphatic heterocycles. The Balaban J connectivity index is 2.04. The Hall–Kier alpha value is -2.94.